The number of para-hydroxylation sites is 1. The highest BCUT2D eigenvalue weighted by molar-refractivity contribution is 7.99. The Balaban J connectivity index is 2.18. The van der Waals surface area contributed by atoms with E-state index in [-0.39, 0.29) is 0 Å². The Morgan fingerprint density at radius 2 is 1.67 bits per heavy atom. The van der Waals surface area contributed by atoms with Crippen molar-refractivity contribution < 1.29 is 0 Å². The van der Waals surface area contributed by atoms with E-state index in [1.165, 1.54) is 49.1 Å². The van der Waals surface area contributed by atoms with E-state index in [9.17, 15) is 0 Å². The van der Waals surface area contributed by atoms with E-state index in [1.807, 2.05) is 11.8 Å². The van der Waals surface area contributed by atoms with Crippen molar-refractivity contribution in [2.75, 3.05) is 17.6 Å². The average molecular weight is 265 g/mol. The molecule has 0 aliphatic rings. The Hall–Kier alpha value is -0.630. The van der Waals surface area contributed by atoms with Gasteiger partial charge in [-0.3, -0.25) is 0 Å². The SMILES string of the molecule is CCCCCCCCNc1ccccc1SCC. The second-order valence-corrected chi connectivity index (χ2v) is 5.93. The van der Waals surface area contributed by atoms with Crippen LogP contribution >= 0.6 is 11.8 Å². The van der Waals surface area contributed by atoms with Gasteiger partial charge in [0.1, 0.15) is 0 Å². The zero-order valence-electron chi connectivity index (χ0n) is 11.9. The van der Waals surface area contributed by atoms with Gasteiger partial charge in [0.25, 0.3) is 0 Å². The van der Waals surface area contributed by atoms with E-state index in [2.05, 4.69) is 43.4 Å². The fourth-order valence-corrected chi connectivity index (χ4v) is 2.80. The van der Waals surface area contributed by atoms with Crippen molar-refractivity contribution in [3.8, 4) is 0 Å². The molecule has 0 heterocycles. The monoisotopic (exact) mass is 265 g/mol. The molecule has 1 N–H and O–H groups in total. The van der Waals surface area contributed by atoms with E-state index in [1.54, 1.807) is 0 Å². The van der Waals surface area contributed by atoms with Crippen LogP contribution in [0.3, 0.4) is 0 Å². The van der Waals surface area contributed by atoms with Gasteiger partial charge in [-0.25, -0.2) is 0 Å². The third-order valence-corrected chi connectivity index (χ3v) is 3.99. The van der Waals surface area contributed by atoms with Gasteiger partial charge in [0, 0.05) is 17.1 Å². The number of benzene rings is 1. The van der Waals surface area contributed by atoms with Gasteiger partial charge in [0.2, 0.25) is 0 Å². The molecule has 0 saturated carbocycles. The van der Waals surface area contributed by atoms with Crippen molar-refractivity contribution in [1.82, 2.24) is 0 Å². The molecule has 0 aliphatic carbocycles. The smallest absolute Gasteiger partial charge is 0.0478 e. The molecular formula is C16H27NS. The Labute approximate surface area is 117 Å². The third-order valence-electron chi connectivity index (χ3n) is 3.03. The number of nitrogens with one attached hydrogen (secondary N) is 1. The number of rotatable bonds is 10. The van der Waals surface area contributed by atoms with Crippen molar-refractivity contribution in [1.29, 1.82) is 0 Å². The minimum Gasteiger partial charge on any atom is -0.384 e. The van der Waals surface area contributed by atoms with E-state index < -0.39 is 0 Å². The molecule has 0 amide bonds. The second-order valence-electron chi connectivity index (χ2n) is 4.62. The van der Waals surface area contributed by atoms with Gasteiger partial charge in [0.15, 0.2) is 0 Å². The van der Waals surface area contributed by atoms with E-state index in [0.717, 1.165) is 12.3 Å². The predicted molar refractivity (Wildman–Crippen MR) is 84.7 cm³/mol. The highest BCUT2D eigenvalue weighted by atomic mass is 32.2. The average Bonchev–Trinajstić information content (AvgIpc) is 2.40. The Morgan fingerprint density at radius 3 is 2.44 bits per heavy atom. The maximum atomic E-state index is 3.57. The molecule has 1 rings (SSSR count). The Morgan fingerprint density at radius 1 is 0.944 bits per heavy atom. The van der Waals surface area contributed by atoms with Crippen molar-refractivity contribution in [3.05, 3.63) is 24.3 Å². The first-order valence-electron chi connectivity index (χ1n) is 7.34. The van der Waals surface area contributed by atoms with Gasteiger partial charge in [0.05, 0.1) is 0 Å². The molecule has 102 valence electrons. The fourth-order valence-electron chi connectivity index (χ4n) is 2.02. The minimum atomic E-state index is 1.10. The third kappa shape index (κ3) is 6.34. The van der Waals surface area contributed by atoms with Gasteiger partial charge in [-0.05, 0) is 24.3 Å². The largest absolute Gasteiger partial charge is 0.384 e. The van der Waals surface area contributed by atoms with Crippen molar-refractivity contribution >= 4 is 17.4 Å². The lowest BCUT2D eigenvalue weighted by Gasteiger charge is -2.10. The Kier molecular flexibility index (Phi) is 8.83. The normalized spacial score (nSPS) is 10.6. The first-order valence-corrected chi connectivity index (χ1v) is 8.32. The molecule has 0 atom stereocenters. The number of anilines is 1. The van der Waals surface area contributed by atoms with E-state index in [0.29, 0.717) is 0 Å². The van der Waals surface area contributed by atoms with Gasteiger partial charge in [-0.1, -0.05) is 58.1 Å². The van der Waals surface area contributed by atoms with Crippen LogP contribution in [0.1, 0.15) is 52.4 Å². The lowest BCUT2D eigenvalue weighted by Crippen LogP contribution is -2.02. The van der Waals surface area contributed by atoms with Crippen molar-refractivity contribution in [2.45, 2.75) is 57.3 Å². The van der Waals surface area contributed by atoms with Crippen molar-refractivity contribution in [2.24, 2.45) is 0 Å². The molecule has 0 spiro atoms. The molecule has 0 aromatic heterocycles. The fraction of sp³-hybridized carbons (Fsp3) is 0.625. The molecule has 1 aromatic rings. The molecule has 1 nitrogen and oxygen atoms in total. The van der Waals surface area contributed by atoms with E-state index in [4.69, 9.17) is 0 Å². The predicted octanol–water partition coefficient (Wildman–Crippen LogP) is 5.57. The topological polar surface area (TPSA) is 12.0 Å². The summed E-state index contributed by atoms with van der Waals surface area (Å²) in [5.41, 5.74) is 1.30. The van der Waals surface area contributed by atoms with Gasteiger partial charge < -0.3 is 5.32 Å². The summed E-state index contributed by atoms with van der Waals surface area (Å²) in [6, 6.07) is 8.63. The highest BCUT2D eigenvalue weighted by Crippen LogP contribution is 2.26. The molecule has 0 aliphatic heterocycles. The summed E-state index contributed by atoms with van der Waals surface area (Å²) in [5, 5.41) is 3.57. The summed E-state index contributed by atoms with van der Waals surface area (Å²) in [6.07, 6.45) is 8.16. The van der Waals surface area contributed by atoms with Crippen molar-refractivity contribution in [3.63, 3.8) is 0 Å². The van der Waals surface area contributed by atoms with Crippen LogP contribution in [0.25, 0.3) is 0 Å². The molecule has 2 heteroatoms. The molecule has 18 heavy (non-hydrogen) atoms. The highest BCUT2D eigenvalue weighted by Gasteiger charge is 1.99. The van der Waals surface area contributed by atoms with Crippen LogP contribution in [0.5, 0.6) is 0 Å². The summed E-state index contributed by atoms with van der Waals surface area (Å²) in [4.78, 5) is 1.38. The first kappa shape index (κ1) is 15.4. The molecule has 1 aromatic carbocycles. The molecule has 0 saturated heterocycles. The van der Waals surface area contributed by atoms with E-state index >= 15 is 0 Å². The summed E-state index contributed by atoms with van der Waals surface area (Å²) >= 11 is 1.91. The van der Waals surface area contributed by atoms with Crippen LogP contribution in [0.15, 0.2) is 29.2 Å². The molecular weight excluding hydrogens is 238 g/mol. The Bertz CT molecular complexity index is 312. The zero-order chi connectivity index (χ0) is 13.1. The summed E-state index contributed by atoms with van der Waals surface area (Å²) in [7, 11) is 0. The molecule has 0 radical (unpaired) electrons. The van der Waals surface area contributed by atoms with Gasteiger partial charge >= 0.3 is 0 Å². The second kappa shape index (κ2) is 10.3. The first-order chi connectivity index (χ1) is 8.88. The van der Waals surface area contributed by atoms with Crippen LogP contribution < -0.4 is 5.32 Å². The molecule has 0 bridgehead atoms. The number of hydrogen-bond acceptors (Lipinski definition) is 2. The maximum absolute atomic E-state index is 3.57. The van der Waals surface area contributed by atoms with Crippen LogP contribution in [-0.4, -0.2) is 12.3 Å². The quantitative estimate of drug-likeness (QED) is 0.438. The van der Waals surface area contributed by atoms with Crippen LogP contribution in [0.2, 0.25) is 0 Å². The maximum Gasteiger partial charge on any atom is 0.0478 e. The zero-order valence-corrected chi connectivity index (χ0v) is 12.7. The lowest BCUT2D eigenvalue weighted by molar-refractivity contribution is 0.617. The number of thioether (sulfide) groups is 1. The summed E-state index contributed by atoms with van der Waals surface area (Å²) in [6.45, 7) is 5.58. The van der Waals surface area contributed by atoms with Crippen LogP contribution in [0.4, 0.5) is 5.69 Å². The van der Waals surface area contributed by atoms with Gasteiger partial charge in [-0.15, -0.1) is 11.8 Å². The molecule has 0 unspecified atom stereocenters. The van der Waals surface area contributed by atoms with Gasteiger partial charge in [-0.2, -0.15) is 0 Å². The standard InChI is InChI=1S/C16H27NS/c1-3-5-6-7-8-11-14-17-15-12-9-10-13-16(15)18-4-2/h9-10,12-13,17H,3-8,11,14H2,1-2H3. The van der Waals surface area contributed by atoms with Crippen LogP contribution in [-0.2, 0) is 0 Å². The molecule has 0 fully saturated rings. The lowest BCUT2D eigenvalue weighted by atomic mass is 10.1. The summed E-state index contributed by atoms with van der Waals surface area (Å²) < 4.78 is 0. The van der Waals surface area contributed by atoms with Crippen LogP contribution in [0, 0.1) is 0 Å². The number of unbranched alkanes of at least 4 members (excludes halogenated alkanes) is 5. The number of hydrogen-bond donors (Lipinski definition) is 1. The summed E-state index contributed by atoms with van der Waals surface area (Å²) in [5.74, 6) is 1.13. The minimum absolute atomic E-state index is 1.10.